The van der Waals surface area contributed by atoms with Gasteiger partial charge in [-0.05, 0) is 53.5 Å². The largest absolute Gasteiger partial charge is 0.290 e. The van der Waals surface area contributed by atoms with Crippen LogP contribution in [-0.2, 0) is 6.54 Å². The summed E-state index contributed by atoms with van der Waals surface area (Å²) in [6.45, 7) is 1.94. The van der Waals surface area contributed by atoms with Crippen molar-refractivity contribution >= 4 is 32.6 Å². The van der Waals surface area contributed by atoms with Crippen LogP contribution in [0.5, 0.6) is 0 Å². The molecule has 0 spiro atoms. The lowest BCUT2D eigenvalue weighted by Gasteiger charge is -2.22. The Bertz CT molecular complexity index is 975. The first-order valence-corrected chi connectivity index (χ1v) is 9.00. The van der Waals surface area contributed by atoms with Gasteiger partial charge in [-0.3, -0.25) is 4.90 Å². The highest BCUT2D eigenvalue weighted by molar-refractivity contribution is 7.18. The lowest BCUT2D eigenvalue weighted by Crippen LogP contribution is -2.22. The van der Waals surface area contributed by atoms with Crippen LogP contribution in [0.4, 0.5) is 0 Å². The molecule has 5 rings (SSSR count). The van der Waals surface area contributed by atoms with Crippen LogP contribution in [0.25, 0.3) is 21.3 Å². The van der Waals surface area contributed by atoms with Crippen molar-refractivity contribution in [1.29, 1.82) is 0 Å². The molecule has 0 unspecified atom stereocenters. The van der Waals surface area contributed by atoms with Crippen LogP contribution in [0, 0.1) is 0 Å². The fourth-order valence-corrected chi connectivity index (χ4v) is 4.67. The maximum Gasteiger partial charge on any atom is 0.139 e. The third kappa shape index (κ3) is 2.30. The van der Waals surface area contributed by atoms with Crippen molar-refractivity contribution in [3.05, 3.63) is 53.0 Å². The van der Waals surface area contributed by atoms with Gasteiger partial charge in [-0.1, -0.05) is 24.3 Å². The lowest BCUT2D eigenvalue weighted by atomic mass is 10.1. The molecule has 1 atom stereocenters. The van der Waals surface area contributed by atoms with Gasteiger partial charge in [0.2, 0.25) is 0 Å². The molecule has 120 valence electrons. The molecular formula is C18H16N4OS. The summed E-state index contributed by atoms with van der Waals surface area (Å²) in [7, 11) is 0. The van der Waals surface area contributed by atoms with E-state index in [1.165, 1.54) is 21.7 Å². The van der Waals surface area contributed by atoms with Crippen molar-refractivity contribution in [3.63, 3.8) is 0 Å². The predicted molar refractivity (Wildman–Crippen MR) is 93.8 cm³/mol. The second kappa shape index (κ2) is 5.65. The zero-order valence-corrected chi connectivity index (χ0v) is 13.9. The number of nitrogens with zero attached hydrogens (tertiary/aromatic N) is 4. The van der Waals surface area contributed by atoms with E-state index in [9.17, 15) is 0 Å². The number of fused-ring (bicyclic) bond motifs is 2. The third-order valence-electron chi connectivity index (χ3n) is 4.70. The summed E-state index contributed by atoms with van der Waals surface area (Å²) in [5.41, 5.74) is 3.96. The van der Waals surface area contributed by atoms with Gasteiger partial charge < -0.3 is 0 Å². The molecule has 0 saturated carbocycles. The van der Waals surface area contributed by atoms with E-state index in [2.05, 4.69) is 45.5 Å². The van der Waals surface area contributed by atoms with Crippen molar-refractivity contribution < 1.29 is 4.63 Å². The Hall–Kier alpha value is -2.31. The van der Waals surface area contributed by atoms with Crippen LogP contribution in [0.3, 0.4) is 0 Å². The van der Waals surface area contributed by atoms with E-state index in [1.807, 2.05) is 23.5 Å². The molecule has 4 aromatic rings. The Labute approximate surface area is 142 Å². The minimum Gasteiger partial charge on any atom is -0.290 e. The minimum atomic E-state index is 0.387. The predicted octanol–water partition coefficient (Wildman–Crippen LogP) is 4.17. The van der Waals surface area contributed by atoms with Crippen LogP contribution in [0.2, 0.25) is 0 Å². The number of hydrogen-bond donors (Lipinski definition) is 0. The van der Waals surface area contributed by atoms with Gasteiger partial charge in [0.15, 0.2) is 0 Å². The second-order valence-corrected chi connectivity index (χ2v) is 7.26. The van der Waals surface area contributed by atoms with Gasteiger partial charge in [0.1, 0.15) is 16.0 Å². The Morgan fingerprint density at radius 1 is 1.08 bits per heavy atom. The molecule has 2 aromatic heterocycles. The first kappa shape index (κ1) is 14.1. The third-order valence-corrected chi connectivity index (χ3v) is 5.84. The second-order valence-electron chi connectivity index (χ2n) is 6.20. The molecule has 0 amide bonds. The maximum absolute atomic E-state index is 4.89. The molecule has 1 fully saturated rings. The van der Waals surface area contributed by atoms with E-state index in [1.54, 1.807) is 0 Å². The molecule has 0 bridgehead atoms. The SMILES string of the molecule is c1ccc2sc([C@H]3CCCN3Cc3cccc4nonc34)nc2c1. The van der Waals surface area contributed by atoms with Gasteiger partial charge in [-0.25, -0.2) is 9.61 Å². The van der Waals surface area contributed by atoms with Crippen LogP contribution in [0.15, 0.2) is 47.1 Å². The van der Waals surface area contributed by atoms with E-state index >= 15 is 0 Å². The summed E-state index contributed by atoms with van der Waals surface area (Å²) < 4.78 is 6.16. The Kier molecular flexibility index (Phi) is 3.31. The van der Waals surface area contributed by atoms with Gasteiger partial charge in [-0.15, -0.1) is 11.3 Å². The summed E-state index contributed by atoms with van der Waals surface area (Å²) in [6, 6.07) is 14.8. The maximum atomic E-state index is 4.89. The Balaban J connectivity index is 1.48. The summed E-state index contributed by atoms with van der Waals surface area (Å²) in [5, 5.41) is 9.23. The molecule has 2 aromatic carbocycles. The molecule has 0 aliphatic carbocycles. The highest BCUT2D eigenvalue weighted by Gasteiger charge is 2.29. The molecule has 5 nitrogen and oxygen atoms in total. The van der Waals surface area contributed by atoms with Crippen LogP contribution in [-0.4, -0.2) is 26.7 Å². The highest BCUT2D eigenvalue weighted by atomic mass is 32.1. The molecule has 0 N–H and O–H groups in total. The molecule has 1 aliphatic heterocycles. The minimum absolute atomic E-state index is 0.387. The van der Waals surface area contributed by atoms with E-state index in [0.717, 1.165) is 36.1 Å². The van der Waals surface area contributed by atoms with E-state index in [0.29, 0.717) is 6.04 Å². The van der Waals surface area contributed by atoms with Crippen LogP contribution in [0.1, 0.15) is 29.5 Å². The van der Waals surface area contributed by atoms with Crippen molar-refractivity contribution in [3.8, 4) is 0 Å². The average Bonchev–Trinajstić information content (AvgIpc) is 3.33. The fourth-order valence-electron chi connectivity index (χ4n) is 3.54. The van der Waals surface area contributed by atoms with E-state index in [4.69, 9.17) is 9.61 Å². The number of rotatable bonds is 3. The highest BCUT2D eigenvalue weighted by Crippen LogP contribution is 2.37. The number of aromatic nitrogens is 3. The summed E-state index contributed by atoms with van der Waals surface area (Å²) in [6.07, 6.45) is 2.36. The molecular weight excluding hydrogens is 320 g/mol. The molecule has 24 heavy (non-hydrogen) atoms. The zero-order valence-electron chi connectivity index (χ0n) is 13.1. The lowest BCUT2D eigenvalue weighted by molar-refractivity contribution is 0.248. The summed E-state index contributed by atoms with van der Waals surface area (Å²) in [4.78, 5) is 7.37. The Morgan fingerprint density at radius 2 is 2.00 bits per heavy atom. The molecule has 1 aliphatic rings. The van der Waals surface area contributed by atoms with Crippen LogP contribution < -0.4 is 0 Å². The standard InChI is InChI=1S/C18H16N4OS/c1-2-9-16-13(6-1)19-18(24-16)15-8-4-10-22(15)11-12-5-3-7-14-17(12)21-23-20-14/h1-3,5-7,9,15H,4,8,10-11H2/t15-/m1/s1. The first-order chi connectivity index (χ1) is 11.9. The van der Waals surface area contributed by atoms with Gasteiger partial charge in [0.25, 0.3) is 0 Å². The molecule has 6 heteroatoms. The topological polar surface area (TPSA) is 55.1 Å². The smallest absolute Gasteiger partial charge is 0.139 e. The van der Waals surface area contributed by atoms with Crippen molar-refractivity contribution in [2.24, 2.45) is 0 Å². The van der Waals surface area contributed by atoms with Gasteiger partial charge >= 0.3 is 0 Å². The van der Waals surface area contributed by atoms with Gasteiger partial charge in [0, 0.05) is 6.54 Å². The Morgan fingerprint density at radius 3 is 2.96 bits per heavy atom. The van der Waals surface area contributed by atoms with Gasteiger partial charge in [-0.2, -0.15) is 0 Å². The van der Waals surface area contributed by atoms with Crippen molar-refractivity contribution in [2.45, 2.75) is 25.4 Å². The molecule has 3 heterocycles. The quantitative estimate of drug-likeness (QED) is 0.562. The number of benzene rings is 2. The van der Waals surface area contributed by atoms with Crippen molar-refractivity contribution in [2.75, 3.05) is 6.54 Å². The number of hydrogen-bond acceptors (Lipinski definition) is 6. The monoisotopic (exact) mass is 336 g/mol. The van der Waals surface area contributed by atoms with Crippen LogP contribution >= 0.6 is 11.3 Å². The van der Waals surface area contributed by atoms with E-state index < -0.39 is 0 Å². The summed E-state index contributed by atoms with van der Waals surface area (Å²) in [5.74, 6) is 0. The number of likely N-dealkylation sites (tertiary alicyclic amines) is 1. The number of thiazole rings is 1. The summed E-state index contributed by atoms with van der Waals surface area (Å²) >= 11 is 1.81. The fraction of sp³-hybridized carbons (Fsp3) is 0.278. The van der Waals surface area contributed by atoms with Gasteiger partial charge in [0.05, 0.1) is 16.3 Å². The first-order valence-electron chi connectivity index (χ1n) is 8.18. The normalized spacial score (nSPS) is 18.8. The zero-order chi connectivity index (χ0) is 15.9. The average molecular weight is 336 g/mol. The van der Waals surface area contributed by atoms with E-state index in [-0.39, 0.29) is 0 Å². The van der Waals surface area contributed by atoms with Crippen molar-refractivity contribution in [1.82, 2.24) is 20.2 Å². The molecule has 1 saturated heterocycles. The molecule has 0 radical (unpaired) electrons. The number of para-hydroxylation sites is 1.